The van der Waals surface area contributed by atoms with E-state index < -0.39 is 6.04 Å². The van der Waals surface area contributed by atoms with Gasteiger partial charge in [-0.2, -0.15) is 20.1 Å². The van der Waals surface area contributed by atoms with Gasteiger partial charge in [0.1, 0.15) is 11.9 Å². The molecule has 0 radical (unpaired) electrons. The highest BCUT2D eigenvalue weighted by molar-refractivity contribution is 5.96. The zero-order valence-electron chi connectivity index (χ0n) is 24.2. The number of piperazine rings is 1. The second kappa shape index (κ2) is 12.0. The highest BCUT2D eigenvalue weighted by atomic mass is 19.1. The van der Waals surface area contributed by atoms with Crippen LogP contribution in [0.25, 0.3) is 0 Å². The molecule has 2 aliphatic heterocycles. The molecule has 1 aliphatic carbocycles. The van der Waals surface area contributed by atoms with Gasteiger partial charge in [-0.15, -0.1) is 0 Å². The number of halogens is 1. The molecule has 3 N–H and O–H groups in total. The Labute approximate surface area is 253 Å². The number of methoxy groups -OCH3 is 1. The fraction of sp³-hybridized carbons (Fsp3) is 0.414. The second-order valence-electron chi connectivity index (χ2n) is 11.2. The van der Waals surface area contributed by atoms with E-state index in [1.165, 1.54) is 24.5 Å². The van der Waals surface area contributed by atoms with Crippen LogP contribution in [-0.2, 0) is 9.53 Å². The minimum atomic E-state index is -0.604. The predicted molar refractivity (Wildman–Crippen MR) is 162 cm³/mol. The first-order valence-electron chi connectivity index (χ1n) is 14.7. The second-order valence-corrected chi connectivity index (χ2v) is 11.2. The molecule has 7 rings (SSSR count). The van der Waals surface area contributed by atoms with Crippen LogP contribution in [0.4, 0.5) is 39.6 Å². The van der Waals surface area contributed by atoms with Crippen molar-refractivity contribution in [2.45, 2.75) is 37.3 Å². The summed E-state index contributed by atoms with van der Waals surface area (Å²) in [5, 5.41) is 13.6. The van der Waals surface area contributed by atoms with E-state index in [2.05, 4.69) is 40.6 Å². The highest BCUT2D eigenvalue weighted by Crippen LogP contribution is 2.39. The van der Waals surface area contributed by atoms with Gasteiger partial charge >= 0.3 is 0 Å². The number of anilines is 6. The zero-order chi connectivity index (χ0) is 30.0. The van der Waals surface area contributed by atoms with Gasteiger partial charge in [-0.05, 0) is 37.1 Å². The number of rotatable bonds is 9. The largest absolute Gasteiger partial charge is 0.380 e. The highest BCUT2D eigenvalue weighted by Gasteiger charge is 2.39. The van der Waals surface area contributed by atoms with Crippen LogP contribution in [0, 0.1) is 5.82 Å². The number of benzene rings is 1. The molecule has 228 valence electrons. The topological polar surface area (TPSA) is 153 Å². The minimum absolute atomic E-state index is 0.198. The quantitative estimate of drug-likeness (QED) is 0.259. The maximum absolute atomic E-state index is 13.5. The molecule has 3 aliphatic rings. The Kier molecular flexibility index (Phi) is 7.60. The molecule has 3 fully saturated rings. The average Bonchev–Trinajstić information content (AvgIpc) is 3.64. The van der Waals surface area contributed by atoms with E-state index in [-0.39, 0.29) is 17.8 Å². The summed E-state index contributed by atoms with van der Waals surface area (Å²) in [4.78, 5) is 42.2. The van der Waals surface area contributed by atoms with Gasteiger partial charge in [-0.1, -0.05) is 0 Å². The summed E-state index contributed by atoms with van der Waals surface area (Å²) < 4.78 is 19.1. The number of hydrogen-bond acceptors (Lipinski definition) is 12. The van der Waals surface area contributed by atoms with E-state index in [1.54, 1.807) is 25.4 Å². The average molecular weight is 601 g/mol. The Morgan fingerprint density at radius 1 is 1.00 bits per heavy atom. The molecule has 1 saturated carbocycles. The third-order valence-corrected chi connectivity index (χ3v) is 8.19. The predicted octanol–water partition coefficient (Wildman–Crippen LogP) is 2.70. The van der Waals surface area contributed by atoms with Gasteiger partial charge in [0, 0.05) is 82.0 Å². The van der Waals surface area contributed by atoms with Gasteiger partial charge in [0.15, 0.2) is 11.6 Å². The molecule has 5 heterocycles. The van der Waals surface area contributed by atoms with E-state index in [9.17, 15) is 9.18 Å². The SMILES string of the molecule is CO[C@H]1C[C@@H](C(=O)Nc2cnccn2)N(c2nc(Nc3cc(C4CC4)[nH]n3)nc(N3CCN(c4ccc(F)cc4)CC3)n2)C1. The number of carbonyl (C=O) groups is 1. The van der Waals surface area contributed by atoms with Crippen LogP contribution >= 0.6 is 0 Å². The third kappa shape index (κ3) is 6.08. The minimum Gasteiger partial charge on any atom is -0.380 e. The number of H-pyrrole nitrogens is 1. The Morgan fingerprint density at radius 3 is 2.50 bits per heavy atom. The number of carbonyl (C=O) groups excluding carboxylic acids is 1. The Bertz CT molecular complexity index is 1590. The summed E-state index contributed by atoms with van der Waals surface area (Å²) in [6.45, 7) is 3.12. The molecular weight excluding hydrogens is 567 g/mol. The lowest BCUT2D eigenvalue weighted by Crippen LogP contribution is -2.47. The first-order chi connectivity index (χ1) is 21.5. The number of hydrogen-bond donors (Lipinski definition) is 3. The number of aromatic nitrogens is 7. The van der Waals surface area contributed by atoms with Crippen LogP contribution in [0.3, 0.4) is 0 Å². The molecule has 0 spiro atoms. The number of ether oxygens (including phenoxy) is 1. The van der Waals surface area contributed by atoms with E-state index in [0.717, 1.165) is 24.2 Å². The molecule has 15 heteroatoms. The van der Waals surface area contributed by atoms with Crippen molar-refractivity contribution in [3.8, 4) is 0 Å². The summed E-state index contributed by atoms with van der Waals surface area (Å²) in [5.74, 6) is 2.16. The normalized spacial score (nSPS) is 20.2. The summed E-state index contributed by atoms with van der Waals surface area (Å²) in [5.41, 5.74) is 2.05. The smallest absolute Gasteiger partial charge is 0.248 e. The van der Waals surface area contributed by atoms with E-state index >= 15 is 0 Å². The van der Waals surface area contributed by atoms with Gasteiger partial charge in [0.05, 0.1) is 12.3 Å². The summed E-state index contributed by atoms with van der Waals surface area (Å²) in [6, 6.07) is 7.91. The lowest BCUT2D eigenvalue weighted by Gasteiger charge is -2.36. The van der Waals surface area contributed by atoms with Crippen molar-refractivity contribution in [2.24, 2.45) is 0 Å². The lowest BCUT2D eigenvalue weighted by molar-refractivity contribution is -0.117. The number of amides is 1. The van der Waals surface area contributed by atoms with E-state index in [4.69, 9.17) is 19.7 Å². The molecule has 14 nitrogen and oxygen atoms in total. The van der Waals surface area contributed by atoms with Crippen LogP contribution in [0.15, 0.2) is 48.9 Å². The van der Waals surface area contributed by atoms with Gasteiger partial charge in [0.25, 0.3) is 0 Å². The van der Waals surface area contributed by atoms with Gasteiger partial charge in [0.2, 0.25) is 23.8 Å². The molecule has 0 unspecified atom stereocenters. The third-order valence-electron chi connectivity index (χ3n) is 8.19. The molecule has 44 heavy (non-hydrogen) atoms. The van der Waals surface area contributed by atoms with Crippen molar-refractivity contribution < 1.29 is 13.9 Å². The first kappa shape index (κ1) is 27.9. The molecular formula is C29H33FN12O2. The summed E-state index contributed by atoms with van der Waals surface area (Å²) in [7, 11) is 1.63. The van der Waals surface area contributed by atoms with Crippen molar-refractivity contribution in [1.29, 1.82) is 0 Å². The summed E-state index contributed by atoms with van der Waals surface area (Å²) >= 11 is 0. The van der Waals surface area contributed by atoms with Crippen LogP contribution in [-0.4, -0.2) is 93.0 Å². The first-order valence-corrected chi connectivity index (χ1v) is 14.7. The molecule has 1 aromatic carbocycles. The number of nitrogens with one attached hydrogen (secondary N) is 3. The maximum Gasteiger partial charge on any atom is 0.248 e. The Balaban J connectivity index is 1.16. The fourth-order valence-electron chi connectivity index (χ4n) is 5.63. The van der Waals surface area contributed by atoms with E-state index in [0.29, 0.717) is 74.5 Å². The Hall–Kier alpha value is -4.92. The van der Waals surface area contributed by atoms with Crippen molar-refractivity contribution in [1.82, 2.24) is 35.1 Å². The number of nitrogens with zero attached hydrogens (tertiary/aromatic N) is 9. The monoisotopic (exact) mass is 600 g/mol. The standard InChI is InChI=1S/C29H33FN12O2/c1-44-21-14-23(26(43)33-25-16-31-8-9-32-25)42(17-21)29-36-27(34-24-15-22(38-39-24)18-2-3-18)35-28(37-29)41-12-10-40(11-13-41)20-6-4-19(30)5-7-20/h4-9,15-16,18,21,23H,2-3,10-14,17H2,1H3,(H,32,33,43)(H2,34,35,36,37,38,39)/t21-,23-/m0/s1. The summed E-state index contributed by atoms with van der Waals surface area (Å²) in [6.07, 6.45) is 7.13. The molecule has 0 bridgehead atoms. The van der Waals surface area contributed by atoms with Crippen molar-refractivity contribution >= 4 is 41.1 Å². The molecule has 3 aromatic heterocycles. The van der Waals surface area contributed by atoms with Gasteiger partial charge < -0.3 is 30.1 Å². The van der Waals surface area contributed by atoms with Crippen molar-refractivity contribution in [3.05, 3.63) is 60.4 Å². The van der Waals surface area contributed by atoms with Gasteiger partial charge in [-0.25, -0.2) is 9.37 Å². The van der Waals surface area contributed by atoms with Crippen LogP contribution in [0.1, 0.15) is 30.9 Å². The lowest BCUT2D eigenvalue weighted by atomic mass is 10.2. The van der Waals surface area contributed by atoms with Crippen molar-refractivity contribution in [2.75, 3.05) is 65.2 Å². The van der Waals surface area contributed by atoms with Gasteiger partial charge in [-0.3, -0.25) is 14.9 Å². The molecule has 2 saturated heterocycles. The van der Waals surface area contributed by atoms with E-state index in [1.807, 2.05) is 11.0 Å². The Morgan fingerprint density at radius 2 is 1.77 bits per heavy atom. The fourth-order valence-corrected chi connectivity index (χ4v) is 5.63. The maximum atomic E-state index is 13.5. The molecule has 1 amide bonds. The molecule has 4 aromatic rings. The zero-order valence-corrected chi connectivity index (χ0v) is 24.2. The van der Waals surface area contributed by atoms with Crippen LogP contribution in [0.2, 0.25) is 0 Å². The van der Waals surface area contributed by atoms with Crippen LogP contribution < -0.4 is 25.3 Å². The molecule has 2 atom stereocenters. The number of aromatic amines is 1. The van der Waals surface area contributed by atoms with Crippen molar-refractivity contribution in [3.63, 3.8) is 0 Å². The van der Waals surface area contributed by atoms with Crippen LogP contribution in [0.5, 0.6) is 0 Å².